The van der Waals surface area contributed by atoms with E-state index < -0.39 is 22.1 Å². The number of benzene rings is 4. The van der Waals surface area contributed by atoms with Crippen molar-refractivity contribution in [2.75, 3.05) is 0 Å². The molecule has 44 heavy (non-hydrogen) atoms. The van der Waals surface area contributed by atoms with Crippen LogP contribution in [0.4, 0.5) is 22.7 Å². The third kappa shape index (κ3) is 6.70. The fourth-order valence-corrected chi connectivity index (χ4v) is 4.40. The monoisotopic (exact) mass is 612 g/mol. The van der Waals surface area contributed by atoms with Gasteiger partial charge in [-0.3, -0.25) is 4.55 Å². The molecule has 0 aliphatic heterocycles. The highest BCUT2D eigenvalue weighted by Crippen LogP contribution is 2.29. The van der Waals surface area contributed by atoms with Gasteiger partial charge in [-0.15, -0.1) is 5.11 Å². The molecule has 1 heterocycles. The number of azo groups is 2. The summed E-state index contributed by atoms with van der Waals surface area (Å²) in [6.45, 7) is 0. The van der Waals surface area contributed by atoms with E-state index in [1.54, 1.807) is 36.4 Å². The number of nitrogens with zero attached hydrogens (tertiary/aromatic N) is 6. The van der Waals surface area contributed by atoms with Crippen LogP contribution in [0.1, 0.15) is 20.8 Å². The topological polar surface area (TPSA) is 216 Å². The van der Waals surface area contributed by atoms with Gasteiger partial charge in [0.15, 0.2) is 5.69 Å². The van der Waals surface area contributed by atoms with Crippen LogP contribution in [-0.4, -0.2) is 50.0 Å². The maximum absolute atomic E-state index is 11.7. The minimum absolute atomic E-state index is 0.0309. The molecule has 4 N–H and O–H groups in total. The second kappa shape index (κ2) is 12.0. The molecular weight excluding hydrogens is 592 g/mol. The molecule has 0 saturated carbocycles. The summed E-state index contributed by atoms with van der Waals surface area (Å²) >= 11 is 0. The van der Waals surface area contributed by atoms with Gasteiger partial charge in [0.2, 0.25) is 0 Å². The molecule has 0 radical (unpaired) electrons. The molecule has 0 fully saturated rings. The summed E-state index contributed by atoms with van der Waals surface area (Å²) < 4.78 is 32.9. The number of carboxylic acid groups (broad SMARTS) is 2. The maximum atomic E-state index is 11.7. The Kier molecular flexibility index (Phi) is 8.06. The summed E-state index contributed by atoms with van der Waals surface area (Å²) in [5, 5.41) is 48.6. The average molecular weight is 613 g/mol. The van der Waals surface area contributed by atoms with Crippen LogP contribution in [0.2, 0.25) is 0 Å². The lowest BCUT2D eigenvalue weighted by Crippen LogP contribution is -2.02. The van der Waals surface area contributed by atoms with Gasteiger partial charge in [-0.1, -0.05) is 24.3 Å². The molecule has 1 aromatic heterocycles. The molecule has 0 spiro atoms. The van der Waals surface area contributed by atoms with Crippen LogP contribution in [0.3, 0.4) is 0 Å². The quantitative estimate of drug-likeness (QED) is 0.102. The van der Waals surface area contributed by atoms with Crippen LogP contribution in [0.15, 0.2) is 123 Å². The van der Waals surface area contributed by atoms with Gasteiger partial charge < -0.3 is 15.3 Å². The Morgan fingerprint density at radius 2 is 1.20 bits per heavy atom. The lowest BCUT2D eigenvalue weighted by Gasteiger charge is -2.03. The van der Waals surface area contributed by atoms with Crippen molar-refractivity contribution in [2.24, 2.45) is 20.5 Å². The Bertz CT molecular complexity index is 2040. The van der Waals surface area contributed by atoms with Crippen molar-refractivity contribution in [1.29, 1.82) is 0 Å². The van der Waals surface area contributed by atoms with Crippen LogP contribution < -0.4 is 0 Å². The highest BCUT2D eigenvalue weighted by molar-refractivity contribution is 7.85. The molecule has 5 rings (SSSR count). The number of phenols is 1. The van der Waals surface area contributed by atoms with E-state index in [4.69, 9.17) is 9.66 Å². The number of carboxylic acids is 2. The second-order valence-corrected chi connectivity index (χ2v) is 10.5. The van der Waals surface area contributed by atoms with Gasteiger partial charge in [0.1, 0.15) is 17.0 Å². The van der Waals surface area contributed by atoms with E-state index >= 15 is 0 Å². The van der Waals surface area contributed by atoms with Crippen LogP contribution in [0.5, 0.6) is 5.75 Å². The van der Waals surface area contributed by atoms with Crippen LogP contribution in [-0.2, 0) is 10.1 Å². The van der Waals surface area contributed by atoms with Gasteiger partial charge in [0.05, 0.1) is 33.8 Å². The molecule has 0 unspecified atom stereocenters. The summed E-state index contributed by atoms with van der Waals surface area (Å²) in [5.74, 6) is -2.97. The van der Waals surface area contributed by atoms with Gasteiger partial charge in [0.25, 0.3) is 10.1 Å². The van der Waals surface area contributed by atoms with Gasteiger partial charge in [-0.05, 0) is 77.9 Å². The normalized spacial score (nSPS) is 11.8. The number of carbonyl (C=O) groups is 2. The lowest BCUT2D eigenvalue weighted by molar-refractivity contribution is 0.0681. The Morgan fingerprint density at radius 3 is 1.73 bits per heavy atom. The fraction of sp³-hybridized carbons (Fsp3) is 0. The summed E-state index contributed by atoms with van der Waals surface area (Å²) in [6.07, 6.45) is 1.33. The molecule has 14 nitrogen and oxygen atoms in total. The number of aromatic hydroxyl groups is 1. The van der Waals surface area contributed by atoms with E-state index in [1.165, 1.54) is 41.2 Å². The Labute approximate surface area is 248 Å². The summed E-state index contributed by atoms with van der Waals surface area (Å²) in [5.41, 5.74) is 2.61. The minimum Gasteiger partial charge on any atom is -0.507 e. The first kappa shape index (κ1) is 29.4. The first-order valence-corrected chi connectivity index (χ1v) is 13.9. The lowest BCUT2D eigenvalue weighted by atomic mass is 10.1. The van der Waals surface area contributed by atoms with Crippen molar-refractivity contribution in [2.45, 2.75) is 4.90 Å². The van der Waals surface area contributed by atoms with Gasteiger partial charge in [0, 0.05) is 0 Å². The average Bonchev–Trinajstić information content (AvgIpc) is 3.44. The third-order valence-electron chi connectivity index (χ3n) is 6.13. The van der Waals surface area contributed by atoms with E-state index in [9.17, 15) is 28.2 Å². The van der Waals surface area contributed by atoms with Gasteiger partial charge in [-0.2, -0.15) is 28.9 Å². The highest BCUT2D eigenvalue weighted by Gasteiger charge is 2.17. The molecule has 4 aromatic carbocycles. The van der Waals surface area contributed by atoms with Crippen molar-refractivity contribution in [3.8, 4) is 22.6 Å². The fourth-order valence-electron chi connectivity index (χ4n) is 3.92. The highest BCUT2D eigenvalue weighted by atomic mass is 32.2. The minimum atomic E-state index is -4.38. The SMILES string of the molecule is O=C(O)c1cc(N=Nc2ccc(-c3ccc(N=Nc4cn(-c5ccc(S(=O)(=O)O)cc5)nc4C(=O)O)cc3)cc2)ccc1O. The molecule has 0 atom stereocenters. The van der Waals surface area contributed by atoms with Crippen LogP contribution in [0, 0.1) is 0 Å². The number of hydrogen-bond acceptors (Lipinski definition) is 10. The first-order chi connectivity index (χ1) is 21.0. The summed E-state index contributed by atoms with van der Waals surface area (Å²) in [4.78, 5) is 22.6. The molecule has 0 amide bonds. The summed E-state index contributed by atoms with van der Waals surface area (Å²) in [7, 11) is -4.38. The zero-order valence-electron chi connectivity index (χ0n) is 22.3. The predicted molar refractivity (Wildman–Crippen MR) is 156 cm³/mol. The molecule has 0 aliphatic rings. The molecule has 15 heteroatoms. The Hall–Kier alpha value is -6.06. The predicted octanol–water partition coefficient (Wildman–Crippen LogP) is 6.72. The molecule has 220 valence electrons. The van der Waals surface area contributed by atoms with Crippen molar-refractivity contribution < 1.29 is 37.9 Å². The molecular formula is C29H20N6O8S. The number of aromatic nitrogens is 2. The van der Waals surface area contributed by atoms with E-state index in [-0.39, 0.29) is 33.3 Å². The van der Waals surface area contributed by atoms with Gasteiger partial charge >= 0.3 is 11.9 Å². The number of hydrogen-bond donors (Lipinski definition) is 4. The third-order valence-corrected chi connectivity index (χ3v) is 7.00. The first-order valence-electron chi connectivity index (χ1n) is 12.5. The number of rotatable bonds is 9. The zero-order chi connectivity index (χ0) is 31.4. The van der Waals surface area contributed by atoms with E-state index in [2.05, 4.69) is 25.6 Å². The van der Waals surface area contributed by atoms with Crippen molar-refractivity contribution in [3.63, 3.8) is 0 Å². The molecule has 0 bridgehead atoms. The standard InChI is InChI=1S/C29H20N6O8S/c36-26-14-9-21(15-24(26)28(37)38)32-30-19-5-1-17(2-6-19)18-3-7-20(8-4-18)31-33-25-16-35(34-27(25)29(39)40)22-10-12-23(13-11-22)44(41,42)43/h1-16,36H,(H,37,38)(H,39,40)(H,41,42,43). The van der Waals surface area contributed by atoms with Crippen molar-refractivity contribution >= 4 is 44.8 Å². The van der Waals surface area contributed by atoms with E-state index in [0.717, 1.165) is 23.3 Å². The van der Waals surface area contributed by atoms with Crippen LogP contribution in [0.25, 0.3) is 16.8 Å². The zero-order valence-corrected chi connectivity index (χ0v) is 23.1. The van der Waals surface area contributed by atoms with E-state index in [0.29, 0.717) is 17.1 Å². The van der Waals surface area contributed by atoms with Crippen LogP contribution >= 0.6 is 0 Å². The van der Waals surface area contributed by atoms with Crippen molar-refractivity contribution in [1.82, 2.24) is 9.78 Å². The Balaban J connectivity index is 1.29. The van der Waals surface area contributed by atoms with Gasteiger partial charge in [-0.25, -0.2) is 14.3 Å². The largest absolute Gasteiger partial charge is 0.507 e. The molecule has 5 aromatic rings. The number of aromatic carboxylic acids is 2. The molecule has 0 aliphatic carbocycles. The molecule has 0 saturated heterocycles. The van der Waals surface area contributed by atoms with Crippen molar-refractivity contribution in [3.05, 3.63) is 108 Å². The Morgan fingerprint density at radius 1 is 0.682 bits per heavy atom. The second-order valence-electron chi connectivity index (χ2n) is 9.08. The van der Waals surface area contributed by atoms with E-state index in [1.807, 2.05) is 12.1 Å². The smallest absolute Gasteiger partial charge is 0.358 e. The summed E-state index contributed by atoms with van der Waals surface area (Å²) in [6, 6.07) is 23.0. The maximum Gasteiger partial charge on any atom is 0.358 e.